The Morgan fingerprint density at radius 2 is 1.42 bits per heavy atom. The van der Waals surface area contributed by atoms with E-state index in [9.17, 15) is 4.21 Å². The van der Waals surface area contributed by atoms with E-state index in [4.69, 9.17) is 0 Å². The molecule has 0 heterocycles. The molecule has 19 heavy (non-hydrogen) atoms. The summed E-state index contributed by atoms with van der Waals surface area (Å²) in [5, 5.41) is 2.32. The Morgan fingerprint density at radius 3 is 2.21 bits per heavy atom. The van der Waals surface area contributed by atoms with Crippen LogP contribution in [0.1, 0.15) is 5.56 Å². The van der Waals surface area contributed by atoms with Crippen LogP contribution in [0.25, 0.3) is 10.8 Å². The van der Waals surface area contributed by atoms with Crippen LogP contribution in [0.2, 0.25) is 0 Å². The molecule has 0 spiro atoms. The lowest BCUT2D eigenvalue weighted by Gasteiger charge is -2.04. The average molecular weight is 266 g/mol. The lowest BCUT2D eigenvalue weighted by molar-refractivity contribution is 0.682. The Hall–Kier alpha value is -1.93. The van der Waals surface area contributed by atoms with Gasteiger partial charge in [0.2, 0.25) is 0 Å². The van der Waals surface area contributed by atoms with Crippen LogP contribution in [-0.2, 0) is 16.6 Å². The molecule has 2 heteroatoms. The van der Waals surface area contributed by atoms with Crippen LogP contribution in [0.3, 0.4) is 0 Å². The van der Waals surface area contributed by atoms with Crippen molar-refractivity contribution in [2.24, 2.45) is 0 Å². The summed E-state index contributed by atoms with van der Waals surface area (Å²) in [7, 11) is -0.990. The van der Waals surface area contributed by atoms with Gasteiger partial charge in [0.05, 0.1) is 16.6 Å². The molecule has 94 valence electrons. The van der Waals surface area contributed by atoms with Gasteiger partial charge in [0.1, 0.15) is 0 Å². The van der Waals surface area contributed by atoms with Crippen molar-refractivity contribution < 1.29 is 4.21 Å². The Morgan fingerprint density at radius 1 is 0.737 bits per heavy atom. The summed E-state index contributed by atoms with van der Waals surface area (Å²) in [5.74, 6) is 0.569. The molecule has 0 aliphatic heterocycles. The van der Waals surface area contributed by atoms with Gasteiger partial charge in [-0.25, -0.2) is 0 Å². The van der Waals surface area contributed by atoms with Crippen molar-refractivity contribution >= 4 is 21.6 Å². The fourth-order valence-electron chi connectivity index (χ4n) is 2.12. The molecule has 0 radical (unpaired) electrons. The number of benzene rings is 3. The maximum absolute atomic E-state index is 12.4. The minimum atomic E-state index is -0.990. The summed E-state index contributed by atoms with van der Waals surface area (Å²) in [6, 6.07) is 24.1. The van der Waals surface area contributed by atoms with Gasteiger partial charge in [0.15, 0.2) is 0 Å². The van der Waals surface area contributed by atoms with Crippen LogP contribution in [0.15, 0.2) is 77.7 Å². The van der Waals surface area contributed by atoms with E-state index < -0.39 is 10.8 Å². The highest BCUT2D eigenvalue weighted by atomic mass is 32.2. The third kappa shape index (κ3) is 2.74. The van der Waals surface area contributed by atoms with E-state index in [0.717, 1.165) is 15.8 Å². The lowest BCUT2D eigenvalue weighted by Crippen LogP contribution is -1.96. The Balaban J connectivity index is 1.89. The van der Waals surface area contributed by atoms with Gasteiger partial charge in [-0.2, -0.15) is 0 Å². The molecule has 0 unspecified atom stereocenters. The fourth-order valence-corrected chi connectivity index (χ4v) is 3.26. The van der Waals surface area contributed by atoms with Crippen molar-refractivity contribution in [2.75, 3.05) is 0 Å². The maximum Gasteiger partial charge on any atom is 0.0574 e. The van der Waals surface area contributed by atoms with Gasteiger partial charge >= 0.3 is 0 Å². The molecule has 0 amide bonds. The number of hydrogen-bond acceptors (Lipinski definition) is 1. The van der Waals surface area contributed by atoms with Gasteiger partial charge in [-0.3, -0.25) is 4.21 Å². The van der Waals surface area contributed by atoms with E-state index in [2.05, 4.69) is 12.1 Å². The second-order valence-electron chi connectivity index (χ2n) is 4.48. The van der Waals surface area contributed by atoms with Crippen molar-refractivity contribution in [1.82, 2.24) is 0 Å². The summed E-state index contributed by atoms with van der Waals surface area (Å²) in [5.41, 5.74) is 1.11. The number of rotatable bonds is 3. The van der Waals surface area contributed by atoms with Gasteiger partial charge in [-0.15, -0.1) is 0 Å². The van der Waals surface area contributed by atoms with E-state index in [-0.39, 0.29) is 0 Å². The highest BCUT2D eigenvalue weighted by molar-refractivity contribution is 7.84. The van der Waals surface area contributed by atoms with E-state index >= 15 is 0 Å². The highest BCUT2D eigenvalue weighted by Crippen LogP contribution is 2.19. The Kier molecular flexibility index (Phi) is 3.43. The van der Waals surface area contributed by atoms with Gasteiger partial charge < -0.3 is 0 Å². The van der Waals surface area contributed by atoms with Gasteiger partial charge in [-0.05, 0) is 28.5 Å². The first-order chi connectivity index (χ1) is 9.33. The van der Waals surface area contributed by atoms with Crippen LogP contribution < -0.4 is 0 Å². The summed E-state index contributed by atoms with van der Waals surface area (Å²) >= 11 is 0. The molecule has 3 rings (SSSR count). The zero-order chi connectivity index (χ0) is 13.1. The topological polar surface area (TPSA) is 17.1 Å². The second-order valence-corrected chi connectivity index (χ2v) is 5.94. The molecule has 0 saturated heterocycles. The molecule has 0 N–H and O–H groups in total. The van der Waals surface area contributed by atoms with Crippen molar-refractivity contribution in [2.45, 2.75) is 10.6 Å². The molecule has 0 saturated carbocycles. The van der Waals surface area contributed by atoms with Crippen LogP contribution in [0.4, 0.5) is 0 Å². The smallest absolute Gasteiger partial charge is 0.0574 e. The zero-order valence-electron chi connectivity index (χ0n) is 10.5. The quantitative estimate of drug-likeness (QED) is 0.696. The fraction of sp³-hybridized carbons (Fsp3) is 0.0588. The van der Waals surface area contributed by atoms with Crippen LogP contribution in [-0.4, -0.2) is 4.21 Å². The zero-order valence-corrected chi connectivity index (χ0v) is 11.3. The van der Waals surface area contributed by atoms with E-state index in [1.807, 2.05) is 60.7 Å². The molecule has 1 atom stereocenters. The standard InChI is InChI=1S/C17H14OS/c18-19(13-14-6-2-1-3-7-14)17-11-10-15-8-4-5-9-16(15)12-17/h1-12H,13H2/t19-/m1/s1. The normalized spacial score (nSPS) is 12.4. The summed E-state index contributed by atoms with van der Waals surface area (Å²) in [6.07, 6.45) is 0. The predicted octanol–water partition coefficient (Wildman–Crippen LogP) is 4.15. The summed E-state index contributed by atoms with van der Waals surface area (Å²) in [4.78, 5) is 0.891. The lowest BCUT2D eigenvalue weighted by atomic mass is 10.1. The van der Waals surface area contributed by atoms with Crippen LogP contribution in [0.5, 0.6) is 0 Å². The molecule has 0 aliphatic rings. The first-order valence-corrected chi connectivity index (χ1v) is 7.56. The predicted molar refractivity (Wildman–Crippen MR) is 80.5 cm³/mol. The van der Waals surface area contributed by atoms with Gasteiger partial charge in [0, 0.05) is 4.90 Å². The monoisotopic (exact) mass is 266 g/mol. The number of fused-ring (bicyclic) bond motifs is 1. The molecule has 0 aliphatic carbocycles. The van der Waals surface area contributed by atoms with Crippen LogP contribution >= 0.6 is 0 Å². The number of hydrogen-bond donors (Lipinski definition) is 0. The molecule has 0 aromatic heterocycles. The summed E-state index contributed by atoms with van der Waals surface area (Å²) in [6.45, 7) is 0. The molecule has 0 fully saturated rings. The Labute approximate surface area is 115 Å². The average Bonchev–Trinajstić information content (AvgIpc) is 2.48. The van der Waals surface area contributed by atoms with Gasteiger partial charge in [0.25, 0.3) is 0 Å². The van der Waals surface area contributed by atoms with Crippen molar-refractivity contribution in [1.29, 1.82) is 0 Å². The second kappa shape index (κ2) is 5.37. The SMILES string of the molecule is O=[S@](Cc1ccccc1)c1ccc2ccccc2c1. The minimum Gasteiger partial charge on any atom is -0.254 e. The van der Waals surface area contributed by atoms with Crippen LogP contribution in [0, 0.1) is 0 Å². The van der Waals surface area contributed by atoms with Crippen molar-refractivity contribution in [3.8, 4) is 0 Å². The minimum absolute atomic E-state index is 0.569. The molecule has 0 bridgehead atoms. The highest BCUT2D eigenvalue weighted by Gasteiger charge is 2.05. The third-order valence-electron chi connectivity index (χ3n) is 3.12. The first kappa shape index (κ1) is 12.1. The van der Waals surface area contributed by atoms with E-state index in [0.29, 0.717) is 5.75 Å². The first-order valence-electron chi connectivity index (χ1n) is 6.24. The molecule has 3 aromatic carbocycles. The third-order valence-corrected chi connectivity index (χ3v) is 4.50. The molecular formula is C17H14OS. The maximum atomic E-state index is 12.4. The van der Waals surface area contributed by atoms with Gasteiger partial charge in [-0.1, -0.05) is 60.7 Å². The van der Waals surface area contributed by atoms with Crippen molar-refractivity contribution in [3.05, 3.63) is 78.4 Å². The molecule has 1 nitrogen and oxygen atoms in total. The molecular weight excluding hydrogens is 252 g/mol. The largest absolute Gasteiger partial charge is 0.254 e. The van der Waals surface area contributed by atoms with E-state index in [1.54, 1.807) is 0 Å². The Bertz CT molecular complexity index is 719. The summed E-state index contributed by atoms with van der Waals surface area (Å²) < 4.78 is 12.4. The van der Waals surface area contributed by atoms with Crippen molar-refractivity contribution in [3.63, 3.8) is 0 Å². The van der Waals surface area contributed by atoms with E-state index in [1.165, 1.54) is 5.39 Å². The molecule has 3 aromatic rings.